The molecule has 0 N–H and O–H groups in total. The summed E-state index contributed by atoms with van der Waals surface area (Å²) in [7, 11) is 0. The summed E-state index contributed by atoms with van der Waals surface area (Å²) in [5.41, 5.74) is 1.33. The molecule has 0 bridgehead atoms. The van der Waals surface area contributed by atoms with Crippen molar-refractivity contribution in [2.45, 2.75) is 18.2 Å². The van der Waals surface area contributed by atoms with Crippen LogP contribution in [-0.2, 0) is 6.42 Å². The van der Waals surface area contributed by atoms with Gasteiger partial charge in [0.1, 0.15) is 0 Å². The molecule has 2 aromatic rings. The summed E-state index contributed by atoms with van der Waals surface area (Å²) >= 11 is 8.02. The maximum atomic E-state index is 3.78. The fraction of sp³-hybridized carbons (Fsp3) is 0.231. The lowest BCUT2D eigenvalue weighted by atomic mass is 10.1. The second-order valence-electron chi connectivity index (χ2n) is 3.58. The van der Waals surface area contributed by atoms with Gasteiger partial charge in [-0.3, -0.25) is 0 Å². The highest BCUT2D eigenvalue weighted by Crippen LogP contribution is 2.35. The molecule has 0 saturated heterocycles. The van der Waals surface area contributed by atoms with Gasteiger partial charge in [0.05, 0.1) is 4.83 Å². The van der Waals surface area contributed by atoms with Crippen LogP contribution >= 0.6 is 49.9 Å². The monoisotopic (exact) mass is 406 g/mol. The van der Waals surface area contributed by atoms with Crippen LogP contribution in [0.3, 0.4) is 0 Å². The van der Waals surface area contributed by atoms with Gasteiger partial charge in [-0.25, -0.2) is 0 Å². The Morgan fingerprint density at radius 2 is 2.12 bits per heavy atom. The summed E-state index contributed by atoms with van der Waals surface area (Å²) in [5.74, 6) is 0. The maximum Gasteiger partial charge on any atom is 0.0738 e. The van der Waals surface area contributed by atoms with Crippen LogP contribution in [0.25, 0.3) is 0 Å². The molecule has 0 aliphatic heterocycles. The van der Waals surface area contributed by atoms with E-state index in [-0.39, 0.29) is 0 Å². The number of hydrogen-bond acceptors (Lipinski definition) is 1. The number of hydrogen-bond donors (Lipinski definition) is 0. The maximum absolute atomic E-state index is 3.78. The molecular weight excluding hydrogens is 395 g/mol. The van der Waals surface area contributed by atoms with Crippen molar-refractivity contribution in [3.05, 3.63) is 55.3 Å². The zero-order chi connectivity index (χ0) is 11.5. The molecule has 1 aromatic carbocycles. The Labute approximate surface area is 122 Å². The summed E-state index contributed by atoms with van der Waals surface area (Å²) in [4.78, 5) is 3.16. The van der Waals surface area contributed by atoms with E-state index in [0.29, 0.717) is 4.83 Å². The zero-order valence-electron chi connectivity index (χ0n) is 8.91. The van der Waals surface area contributed by atoms with E-state index in [9.17, 15) is 0 Å². The average molecular weight is 407 g/mol. The van der Waals surface area contributed by atoms with Crippen LogP contribution in [0, 0.1) is 3.57 Å². The Bertz CT molecular complexity index is 478. The summed E-state index contributed by atoms with van der Waals surface area (Å²) in [6.07, 6.45) is 1.12. The first kappa shape index (κ1) is 12.6. The lowest BCUT2D eigenvalue weighted by molar-refractivity contribution is 1.19. The number of rotatable bonds is 3. The fourth-order valence-electron chi connectivity index (χ4n) is 1.55. The van der Waals surface area contributed by atoms with Crippen LogP contribution in [0.5, 0.6) is 0 Å². The summed E-state index contributed by atoms with van der Waals surface area (Å²) in [6, 6.07) is 13.1. The second kappa shape index (κ2) is 5.65. The average Bonchev–Trinajstić information content (AvgIpc) is 2.76. The van der Waals surface area contributed by atoms with E-state index in [4.69, 9.17) is 0 Å². The summed E-state index contributed by atoms with van der Waals surface area (Å²) < 4.78 is 1.28. The number of thiophene rings is 1. The molecule has 0 spiro atoms. The molecule has 1 heterocycles. The molecule has 2 rings (SSSR count). The number of halogens is 2. The molecule has 0 nitrogen and oxygen atoms in total. The van der Waals surface area contributed by atoms with Crippen LogP contribution in [-0.4, -0.2) is 0 Å². The summed E-state index contributed by atoms with van der Waals surface area (Å²) in [5, 5.41) is 0. The highest BCUT2D eigenvalue weighted by atomic mass is 127. The molecule has 1 atom stereocenters. The molecule has 0 amide bonds. The molecule has 0 aliphatic carbocycles. The van der Waals surface area contributed by atoms with Gasteiger partial charge in [0.15, 0.2) is 0 Å². The van der Waals surface area contributed by atoms with Crippen LogP contribution in [0.1, 0.15) is 27.1 Å². The summed E-state index contributed by atoms with van der Waals surface area (Å²) in [6.45, 7) is 2.20. The van der Waals surface area contributed by atoms with Crippen molar-refractivity contribution in [2.24, 2.45) is 0 Å². The molecule has 16 heavy (non-hydrogen) atoms. The Morgan fingerprint density at radius 1 is 1.31 bits per heavy atom. The van der Waals surface area contributed by atoms with E-state index in [1.165, 1.54) is 18.9 Å². The minimum atomic E-state index is 0.326. The van der Waals surface area contributed by atoms with Crippen molar-refractivity contribution in [3.8, 4) is 0 Å². The minimum absolute atomic E-state index is 0.326. The Balaban J connectivity index is 2.27. The van der Waals surface area contributed by atoms with E-state index >= 15 is 0 Å². The van der Waals surface area contributed by atoms with Gasteiger partial charge in [-0.2, -0.15) is 0 Å². The molecule has 0 fully saturated rings. The van der Waals surface area contributed by atoms with Gasteiger partial charge in [-0.05, 0) is 58.8 Å². The molecule has 0 aliphatic rings. The van der Waals surface area contributed by atoms with Gasteiger partial charge in [-0.15, -0.1) is 11.3 Å². The van der Waals surface area contributed by atoms with Gasteiger partial charge >= 0.3 is 0 Å². The lowest BCUT2D eigenvalue weighted by Gasteiger charge is -2.08. The molecule has 1 unspecified atom stereocenters. The molecule has 0 saturated carbocycles. The van der Waals surface area contributed by atoms with Crippen LogP contribution in [0.2, 0.25) is 0 Å². The topological polar surface area (TPSA) is 0 Å². The standard InChI is InChI=1S/C13H12BrIS/c1-2-11-6-7-12(16-11)13(14)9-4-3-5-10(15)8-9/h3-8,13H,2H2,1H3. The number of benzene rings is 1. The quantitative estimate of drug-likeness (QED) is 0.472. The third-order valence-electron chi connectivity index (χ3n) is 2.42. The fourth-order valence-corrected chi connectivity index (χ4v) is 3.79. The van der Waals surface area contributed by atoms with Gasteiger partial charge in [-0.1, -0.05) is 35.0 Å². The minimum Gasteiger partial charge on any atom is -0.144 e. The van der Waals surface area contributed by atoms with Crippen molar-refractivity contribution in [1.82, 2.24) is 0 Å². The van der Waals surface area contributed by atoms with Crippen molar-refractivity contribution in [1.29, 1.82) is 0 Å². The lowest BCUT2D eigenvalue weighted by Crippen LogP contribution is -1.89. The van der Waals surface area contributed by atoms with Gasteiger partial charge in [0, 0.05) is 13.3 Å². The molecule has 3 heteroatoms. The van der Waals surface area contributed by atoms with Crippen LogP contribution in [0.4, 0.5) is 0 Å². The van der Waals surface area contributed by atoms with E-state index in [1.807, 2.05) is 11.3 Å². The van der Waals surface area contributed by atoms with Crippen LogP contribution < -0.4 is 0 Å². The van der Waals surface area contributed by atoms with Crippen molar-refractivity contribution >= 4 is 49.9 Å². The second-order valence-corrected chi connectivity index (χ2v) is 6.94. The zero-order valence-corrected chi connectivity index (χ0v) is 13.5. The third kappa shape index (κ3) is 2.87. The van der Waals surface area contributed by atoms with Crippen LogP contribution in [0.15, 0.2) is 36.4 Å². The molecule has 0 radical (unpaired) electrons. The largest absolute Gasteiger partial charge is 0.144 e. The highest BCUT2D eigenvalue weighted by Gasteiger charge is 2.12. The molecular formula is C13H12BrIS. The van der Waals surface area contributed by atoms with Gasteiger partial charge < -0.3 is 0 Å². The Hall–Kier alpha value is 0.130. The Morgan fingerprint density at radius 3 is 2.75 bits per heavy atom. The predicted octanol–water partition coefficient (Wildman–Crippen LogP) is 5.40. The highest BCUT2D eigenvalue weighted by molar-refractivity contribution is 14.1. The first-order valence-corrected chi connectivity index (χ1v) is 8.00. The van der Waals surface area contributed by atoms with E-state index in [0.717, 1.165) is 6.42 Å². The predicted molar refractivity (Wildman–Crippen MR) is 83.6 cm³/mol. The van der Waals surface area contributed by atoms with Crippen molar-refractivity contribution < 1.29 is 0 Å². The normalized spacial score (nSPS) is 12.7. The van der Waals surface area contributed by atoms with Crippen molar-refractivity contribution in [2.75, 3.05) is 0 Å². The SMILES string of the molecule is CCc1ccc(C(Br)c2cccc(I)c2)s1. The van der Waals surface area contributed by atoms with E-state index in [1.54, 1.807) is 0 Å². The smallest absolute Gasteiger partial charge is 0.0738 e. The van der Waals surface area contributed by atoms with Gasteiger partial charge in [0.2, 0.25) is 0 Å². The van der Waals surface area contributed by atoms with Crippen molar-refractivity contribution in [3.63, 3.8) is 0 Å². The molecule has 84 valence electrons. The van der Waals surface area contributed by atoms with Gasteiger partial charge in [0.25, 0.3) is 0 Å². The van der Waals surface area contributed by atoms with E-state index in [2.05, 4.69) is 81.8 Å². The number of aryl methyl sites for hydroxylation is 1. The molecule has 1 aromatic heterocycles. The Kier molecular flexibility index (Phi) is 4.44. The first-order valence-electron chi connectivity index (χ1n) is 5.19. The number of alkyl halides is 1. The first-order chi connectivity index (χ1) is 7.70. The third-order valence-corrected chi connectivity index (χ3v) is 5.71. The van der Waals surface area contributed by atoms with E-state index < -0.39 is 0 Å².